The first kappa shape index (κ1) is 14.2. The summed E-state index contributed by atoms with van der Waals surface area (Å²) in [5.41, 5.74) is 1.89. The Balaban J connectivity index is 1.75. The number of nitriles is 1. The minimum Gasteiger partial charge on any atom is -0.368 e. The van der Waals surface area contributed by atoms with Gasteiger partial charge < -0.3 is 4.74 Å². The Morgan fingerprint density at radius 1 is 1.52 bits per heavy atom. The van der Waals surface area contributed by atoms with Gasteiger partial charge in [0.15, 0.2) is 0 Å². The Labute approximate surface area is 128 Å². The molecule has 21 heavy (non-hydrogen) atoms. The highest BCUT2D eigenvalue weighted by atomic mass is 32.1. The van der Waals surface area contributed by atoms with Crippen molar-refractivity contribution in [2.45, 2.75) is 19.1 Å². The van der Waals surface area contributed by atoms with Crippen molar-refractivity contribution in [3.8, 4) is 6.07 Å². The lowest BCUT2D eigenvalue weighted by Gasteiger charge is -2.36. The van der Waals surface area contributed by atoms with Crippen molar-refractivity contribution >= 4 is 11.3 Å². The monoisotopic (exact) mass is 299 g/mol. The summed E-state index contributed by atoms with van der Waals surface area (Å²) in [4.78, 5) is 6.75. The molecule has 0 saturated carbocycles. The minimum absolute atomic E-state index is 0.0559. The van der Waals surface area contributed by atoms with Crippen molar-refractivity contribution < 1.29 is 4.74 Å². The summed E-state index contributed by atoms with van der Waals surface area (Å²) in [5.74, 6) is 0. The van der Waals surface area contributed by atoms with Crippen LogP contribution in [0.5, 0.6) is 0 Å². The van der Waals surface area contributed by atoms with E-state index in [9.17, 15) is 0 Å². The highest BCUT2D eigenvalue weighted by Crippen LogP contribution is 2.29. The van der Waals surface area contributed by atoms with Crippen LogP contribution in [0.1, 0.15) is 35.2 Å². The molecule has 2 aromatic rings. The maximum absolute atomic E-state index is 9.03. The second kappa shape index (κ2) is 6.35. The van der Waals surface area contributed by atoms with Crippen molar-refractivity contribution in [1.82, 2.24) is 9.88 Å². The summed E-state index contributed by atoms with van der Waals surface area (Å²) in [7, 11) is 0. The molecule has 0 radical (unpaired) electrons. The third kappa shape index (κ3) is 3.13. The molecular weight excluding hydrogens is 282 g/mol. The summed E-state index contributed by atoms with van der Waals surface area (Å²) in [6, 6.07) is 10.3. The van der Waals surface area contributed by atoms with Gasteiger partial charge in [-0.1, -0.05) is 12.1 Å². The fourth-order valence-corrected chi connectivity index (χ4v) is 3.32. The lowest BCUT2D eigenvalue weighted by atomic mass is 10.0. The first-order valence-electron chi connectivity index (χ1n) is 7.03. The zero-order valence-corrected chi connectivity index (χ0v) is 12.7. The van der Waals surface area contributed by atoms with E-state index in [1.807, 2.05) is 29.8 Å². The summed E-state index contributed by atoms with van der Waals surface area (Å²) >= 11 is 1.64. The topological polar surface area (TPSA) is 49.2 Å². The Morgan fingerprint density at radius 3 is 3.19 bits per heavy atom. The van der Waals surface area contributed by atoms with Crippen molar-refractivity contribution in [3.05, 3.63) is 52.0 Å². The number of aromatic nitrogens is 1. The van der Waals surface area contributed by atoms with Crippen LogP contribution in [0.15, 0.2) is 35.8 Å². The third-order valence-electron chi connectivity index (χ3n) is 3.87. The van der Waals surface area contributed by atoms with E-state index in [0.717, 1.165) is 18.1 Å². The Hall–Kier alpha value is -1.74. The molecule has 1 aromatic heterocycles. The van der Waals surface area contributed by atoms with Gasteiger partial charge in [-0.3, -0.25) is 4.90 Å². The number of morpholine rings is 1. The quantitative estimate of drug-likeness (QED) is 0.873. The molecular formula is C16H17N3OS. The summed E-state index contributed by atoms with van der Waals surface area (Å²) in [6.45, 7) is 4.64. The second-order valence-corrected chi connectivity index (χ2v) is 6.06. The van der Waals surface area contributed by atoms with Crippen LogP contribution in [0, 0.1) is 11.3 Å². The average molecular weight is 299 g/mol. The molecule has 1 saturated heterocycles. The van der Waals surface area contributed by atoms with Gasteiger partial charge in [-0.25, -0.2) is 4.98 Å². The normalized spacial score (nSPS) is 20.9. The van der Waals surface area contributed by atoms with Gasteiger partial charge in [0.2, 0.25) is 0 Å². The fourth-order valence-electron chi connectivity index (χ4n) is 2.64. The lowest BCUT2D eigenvalue weighted by Crippen LogP contribution is -2.39. The van der Waals surface area contributed by atoms with Crippen LogP contribution in [0.25, 0.3) is 0 Å². The van der Waals surface area contributed by atoms with Gasteiger partial charge in [0, 0.05) is 30.7 Å². The molecule has 1 fully saturated rings. The van der Waals surface area contributed by atoms with Gasteiger partial charge >= 0.3 is 0 Å². The number of hydrogen-bond acceptors (Lipinski definition) is 5. The molecule has 108 valence electrons. The van der Waals surface area contributed by atoms with E-state index < -0.39 is 0 Å². The standard InChI is InChI=1S/C16H17N3OS/c1-12(14-4-2-3-13(9-14)10-17)19-6-7-20-15(11-19)16-18-5-8-21-16/h2-5,8-9,12,15H,6-7,11H2,1H3/t12-,15-/m1/s1. The number of benzene rings is 1. The second-order valence-electron chi connectivity index (χ2n) is 5.14. The van der Waals surface area contributed by atoms with Crippen LogP contribution in [0.3, 0.4) is 0 Å². The SMILES string of the molecule is C[C@H](c1cccc(C#N)c1)N1CCO[C@@H](c2nccs2)C1. The Bertz CT molecular complexity index is 635. The van der Waals surface area contributed by atoms with Crippen LogP contribution < -0.4 is 0 Å². The smallest absolute Gasteiger partial charge is 0.123 e. The molecule has 0 amide bonds. The molecule has 0 spiro atoms. The first-order chi connectivity index (χ1) is 10.3. The minimum atomic E-state index is 0.0559. The molecule has 0 aliphatic carbocycles. The molecule has 0 N–H and O–H groups in total. The molecule has 3 rings (SSSR count). The molecule has 1 aliphatic rings. The van der Waals surface area contributed by atoms with E-state index in [2.05, 4.69) is 28.9 Å². The molecule has 2 atom stereocenters. The summed E-state index contributed by atoms with van der Waals surface area (Å²) < 4.78 is 5.84. The van der Waals surface area contributed by atoms with E-state index >= 15 is 0 Å². The maximum atomic E-state index is 9.03. The van der Waals surface area contributed by atoms with E-state index in [1.54, 1.807) is 11.3 Å². The van der Waals surface area contributed by atoms with Crippen LogP contribution >= 0.6 is 11.3 Å². The summed E-state index contributed by atoms with van der Waals surface area (Å²) in [5, 5.41) is 12.1. The predicted octanol–water partition coefficient (Wildman–Crippen LogP) is 3.15. The van der Waals surface area contributed by atoms with E-state index in [4.69, 9.17) is 10.00 Å². The predicted molar refractivity (Wildman–Crippen MR) is 82.0 cm³/mol. The molecule has 1 aromatic carbocycles. The van der Waals surface area contributed by atoms with Gasteiger partial charge in [-0.05, 0) is 24.6 Å². The largest absolute Gasteiger partial charge is 0.368 e. The number of rotatable bonds is 3. The molecule has 5 heteroatoms. The molecule has 4 nitrogen and oxygen atoms in total. The van der Waals surface area contributed by atoms with Crippen LogP contribution in [0.4, 0.5) is 0 Å². The van der Waals surface area contributed by atoms with Gasteiger partial charge in [0.25, 0.3) is 0 Å². The third-order valence-corrected chi connectivity index (χ3v) is 4.74. The van der Waals surface area contributed by atoms with Crippen LogP contribution in [-0.4, -0.2) is 29.6 Å². The number of nitrogens with zero attached hydrogens (tertiary/aromatic N) is 3. The van der Waals surface area contributed by atoms with Crippen LogP contribution in [-0.2, 0) is 4.74 Å². The van der Waals surface area contributed by atoms with E-state index in [0.29, 0.717) is 12.2 Å². The lowest BCUT2D eigenvalue weighted by molar-refractivity contribution is -0.0432. The number of ether oxygens (including phenoxy) is 1. The Morgan fingerprint density at radius 2 is 2.43 bits per heavy atom. The van der Waals surface area contributed by atoms with Gasteiger partial charge in [-0.15, -0.1) is 11.3 Å². The fraction of sp³-hybridized carbons (Fsp3) is 0.375. The van der Waals surface area contributed by atoms with Crippen LogP contribution in [0.2, 0.25) is 0 Å². The van der Waals surface area contributed by atoms with E-state index in [-0.39, 0.29) is 12.1 Å². The number of thiazole rings is 1. The molecule has 1 aliphatic heterocycles. The number of hydrogen-bond donors (Lipinski definition) is 0. The molecule has 0 unspecified atom stereocenters. The zero-order valence-electron chi connectivity index (χ0n) is 11.9. The zero-order chi connectivity index (χ0) is 14.7. The molecule has 2 heterocycles. The van der Waals surface area contributed by atoms with Crippen molar-refractivity contribution in [1.29, 1.82) is 5.26 Å². The van der Waals surface area contributed by atoms with Gasteiger partial charge in [0.1, 0.15) is 11.1 Å². The van der Waals surface area contributed by atoms with E-state index in [1.165, 1.54) is 5.56 Å². The van der Waals surface area contributed by atoms with Gasteiger partial charge in [0.05, 0.1) is 18.2 Å². The van der Waals surface area contributed by atoms with Crippen molar-refractivity contribution in [2.24, 2.45) is 0 Å². The highest BCUT2D eigenvalue weighted by molar-refractivity contribution is 7.09. The van der Waals surface area contributed by atoms with Gasteiger partial charge in [-0.2, -0.15) is 5.26 Å². The van der Waals surface area contributed by atoms with Crippen molar-refractivity contribution in [3.63, 3.8) is 0 Å². The highest BCUT2D eigenvalue weighted by Gasteiger charge is 2.27. The van der Waals surface area contributed by atoms with Crippen molar-refractivity contribution in [2.75, 3.05) is 19.7 Å². The molecule has 0 bridgehead atoms. The maximum Gasteiger partial charge on any atom is 0.123 e. The first-order valence-corrected chi connectivity index (χ1v) is 7.91. The average Bonchev–Trinajstić information content (AvgIpc) is 3.09. The summed E-state index contributed by atoms with van der Waals surface area (Å²) in [6.07, 6.45) is 1.88. The Kier molecular flexibility index (Phi) is 4.30.